The summed E-state index contributed by atoms with van der Waals surface area (Å²) in [4.78, 5) is 11.0. The maximum atomic E-state index is 11.0. The molecule has 3 atom stereocenters. The van der Waals surface area contributed by atoms with E-state index in [1.165, 1.54) is 11.1 Å². The second-order valence-corrected chi connectivity index (χ2v) is 6.51. The highest BCUT2D eigenvalue weighted by molar-refractivity contribution is 5.73. The fourth-order valence-corrected chi connectivity index (χ4v) is 3.28. The number of aliphatic carboxylic acids is 1. The molecule has 0 aromatic heterocycles. The molecule has 3 heteroatoms. The number of ether oxygens (including phenoxy) is 1. The quantitative estimate of drug-likeness (QED) is 0.816. The van der Waals surface area contributed by atoms with Crippen LogP contribution in [0.15, 0.2) is 48.5 Å². The van der Waals surface area contributed by atoms with Crippen molar-refractivity contribution in [3.63, 3.8) is 0 Å². The molecule has 1 aliphatic carbocycles. The Morgan fingerprint density at radius 3 is 2.57 bits per heavy atom. The molecule has 0 amide bonds. The van der Waals surface area contributed by atoms with Gasteiger partial charge in [-0.2, -0.15) is 0 Å². The van der Waals surface area contributed by atoms with Gasteiger partial charge in [0.05, 0.1) is 5.92 Å². The highest BCUT2D eigenvalue weighted by atomic mass is 16.5. The molecule has 0 bridgehead atoms. The van der Waals surface area contributed by atoms with Crippen molar-refractivity contribution in [3.8, 4) is 11.5 Å². The Balaban J connectivity index is 1.66. The largest absolute Gasteiger partial charge is 0.481 e. The lowest BCUT2D eigenvalue weighted by atomic mass is 9.91. The van der Waals surface area contributed by atoms with Gasteiger partial charge in [-0.05, 0) is 67.0 Å². The van der Waals surface area contributed by atoms with Crippen LogP contribution in [0.4, 0.5) is 0 Å². The predicted molar refractivity (Wildman–Crippen MR) is 90.0 cm³/mol. The second-order valence-electron chi connectivity index (χ2n) is 6.51. The molecular formula is C20H22O3. The van der Waals surface area contributed by atoms with Crippen LogP contribution in [0.1, 0.15) is 36.8 Å². The van der Waals surface area contributed by atoms with E-state index < -0.39 is 5.97 Å². The van der Waals surface area contributed by atoms with E-state index in [0.29, 0.717) is 11.8 Å². The summed E-state index contributed by atoms with van der Waals surface area (Å²) in [6, 6.07) is 15.9. The minimum absolute atomic E-state index is 0.126. The Labute approximate surface area is 136 Å². The molecule has 0 spiro atoms. The number of benzene rings is 2. The molecule has 1 N–H and O–H groups in total. The predicted octanol–water partition coefficient (Wildman–Crippen LogP) is 5.00. The molecule has 0 aliphatic heterocycles. The summed E-state index contributed by atoms with van der Waals surface area (Å²) in [5.41, 5.74) is 2.47. The zero-order valence-electron chi connectivity index (χ0n) is 13.5. The van der Waals surface area contributed by atoms with Crippen LogP contribution in [0.3, 0.4) is 0 Å². The maximum absolute atomic E-state index is 11.0. The smallest absolute Gasteiger partial charge is 0.306 e. The number of carboxylic acid groups (broad SMARTS) is 1. The van der Waals surface area contributed by atoms with E-state index in [4.69, 9.17) is 9.84 Å². The third-order valence-corrected chi connectivity index (χ3v) is 4.65. The number of hydrogen-bond acceptors (Lipinski definition) is 2. The Hall–Kier alpha value is -2.29. The average Bonchev–Trinajstić information content (AvgIpc) is 3.27. The van der Waals surface area contributed by atoms with Crippen LogP contribution in [-0.2, 0) is 4.79 Å². The first-order valence-corrected chi connectivity index (χ1v) is 8.11. The second kappa shape index (κ2) is 6.45. The van der Waals surface area contributed by atoms with Crippen molar-refractivity contribution < 1.29 is 14.6 Å². The lowest BCUT2D eigenvalue weighted by molar-refractivity contribution is -0.138. The Morgan fingerprint density at radius 1 is 1.22 bits per heavy atom. The number of hydrogen-bond donors (Lipinski definition) is 1. The molecule has 1 fully saturated rings. The van der Waals surface area contributed by atoms with E-state index in [1.807, 2.05) is 36.4 Å². The van der Waals surface area contributed by atoms with Gasteiger partial charge in [-0.1, -0.05) is 31.2 Å². The van der Waals surface area contributed by atoms with Crippen molar-refractivity contribution in [2.75, 3.05) is 0 Å². The van der Waals surface area contributed by atoms with E-state index in [2.05, 4.69) is 26.0 Å². The number of carboxylic acids is 1. The summed E-state index contributed by atoms with van der Waals surface area (Å²) in [5.74, 6) is 1.59. The number of aryl methyl sites for hydroxylation is 1. The van der Waals surface area contributed by atoms with Gasteiger partial charge >= 0.3 is 5.97 Å². The number of para-hydroxylation sites is 1. The number of rotatable bonds is 6. The first-order valence-electron chi connectivity index (χ1n) is 8.11. The van der Waals surface area contributed by atoms with Crippen LogP contribution >= 0.6 is 0 Å². The minimum Gasteiger partial charge on any atom is -0.481 e. The molecule has 0 saturated heterocycles. The summed E-state index contributed by atoms with van der Waals surface area (Å²) in [6.45, 7) is 4.27. The van der Waals surface area contributed by atoms with Crippen molar-refractivity contribution in [3.05, 3.63) is 59.7 Å². The topological polar surface area (TPSA) is 46.5 Å². The normalized spacial score (nSPS) is 20.8. The molecule has 3 nitrogen and oxygen atoms in total. The standard InChI is InChI=1S/C20H22O3/c1-13(10-15-12-19(15)20(21)22)18-9-8-17(11-14(18)2)23-16-6-4-3-5-7-16/h3-9,11,13,15,19H,10,12H2,1-2H3,(H,21,22). The summed E-state index contributed by atoms with van der Waals surface area (Å²) >= 11 is 0. The Morgan fingerprint density at radius 2 is 1.96 bits per heavy atom. The SMILES string of the molecule is Cc1cc(Oc2ccccc2)ccc1C(C)CC1CC1C(=O)O. The van der Waals surface area contributed by atoms with E-state index in [0.717, 1.165) is 24.3 Å². The Kier molecular flexibility index (Phi) is 4.37. The van der Waals surface area contributed by atoms with E-state index in [9.17, 15) is 4.79 Å². The zero-order chi connectivity index (χ0) is 16.4. The molecule has 1 aliphatic rings. The molecule has 0 radical (unpaired) electrons. The van der Waals surface area contributed by atoms with Crippen molar-refractivity contribution in [2.24, 2.45) is 11.8 Å². The fourth-order valence-electron chi connectivity index (χ4n) is 3.28. The molecule has 0 heterocycles. The summed E-state index contributed by atoms with van der Waals surface area (Å²) in [5, 5.41) is 9.02. The summed E-state index contributed by atoms with van der Waals surface area (Å²) < 4.78 is 5.86. The van der Waals surface area contributed by atoms with Gasteiger partial charge < -0.3 is 9.84 Å². The van der Waals surface area contributed by atoms with Gasteiger partial charge in [0, 0.05) is 0 Å². The van der Waals surface area contributed by atoms with Gasteiger partial charge in [-0.3, -0.25) is 4.79 Å². The van der Waals surface area contributed by atoms with Crippen LogP contribution in [0, 0.1) is 18.8 Å². The maximum Gasteiger partial charge on any atom is 0.306 e. The van der Waals surface area contributed by atoms with Crippen molar-refractivity contribution >= 4 is 5.97 Å². The molecule has 1 saturated carbocycles. The van der Waals surface area contributed by atoms with Gasteiger partial charge in [0.15, 0.2) is 0 Å². The average molecular weight is 310 g/mol. The fraction of sp³-hybridized carbons (Fsp3) is 0.350. The van der Waals surface area contributed by atoms with Crippen molar-refractivity contribution in [1.82, 2.24) is 0 Å². The van der Waals surface area contributed by atoms with Gasteiger partial charge in [0.1, 0.15) is 11.5 Å². The van der Waals surface area contributed by atoms with E-state index in [1.54, 1.807) is 0 Å². The van der Waals surface area contributed by atoms with Crippen LogP contribution in [0.2, 0.25) is 0 Å². The lowest BCUT2D eigenvalue weighted by Gasteiger charge is -2.16. The third kappa shape index (κ3) is 3.73. The molecule has 2 aromatic rings. The van der Waals surface area contributed by atoms with Crippen molar-refractivity contribution in [2.45, 2.75) is 32.6 Å². The van der Waals surface area contributed by atoms with E-state index >= 15 is 0 Å². The lowest BCUT2D eigenvalue weighted by Crippen LogP contribution is -2.03. The van der Waals surface area contributed by atoms with Gasteiger partial charge in [-0.15, -0.1) is 0 Å². The van der Waals surface area contributed by atoms with Gasteiger partial charge in [0.2, 0.25) is 0 Å². The van der Waals surface area contributed by atoms with Crippen LogP contribution in [-0.4, -0.2) is 11.1 Å². The van der Waals surface area contributed by atoms with Crippen LogP contribution in [0.5, 0.6) is 11.5 Å². The van der Waals surface area contributed by atoms with Crippen LogP contribution < -0.4 is 4.74 Å². The van der Waals surface area contributed by atoms with E-state index in [-0.39, 0.29) is 5.92 Å². The molecule has 23 heavy (non-hydrogen) atoms. The summed E-state index contributed by atoms with van der Waals surface area (Å²) in [6.07, 6.45) is 1.77. The van der Waals surface area contributed by atoms with Gasteiger partial charge in [0.25, 0.3) is 0 Å². The highest BCUT2D eigenvalue weighted by Crippen LogP contribution is 2.45. The Bertz CT molecular complexity index is 693. The molecule has 120 valence electrons. The molecular weight excluding hydrogens is 288 g/mol. The third-order valence-electron chi connectivity index (χ3n) is 4.65. The number of carbonyl (C=O) groups is 1. The first kappa shape index (κ1) is 15.6. The van der Waals surface area contributed by atoms with Crippen molar-refractivity contribution in [1.29, 1.82) is 0 Å². The molecule has 3 unspecified atom stereocenters. The molecule has 3 rings (SSSR count). The minimum atomic E-state index is -0.648. The monoisotopic (exact) mass is 310 g/mol. The first-order chi connectivity index (χ1) is 11.0. The van der Waals surface area contributed by atoms with Crippen LogP contribution in [0.25, 0.3) is 0 Å². The van der Waals surface area contributed by atoms with Gasteiger partial charge in [-0.25, -0.2) is 0 Å². The highest BCUT2D eigenvalue weighted by Gasteiger charge is 2.43. The zero-order valence-corrected chi connectivity index (χ0v) is 13.5. The molecule has 2 aromatic carbocycles. The summed E-state index contributed by atoms with van der Waals surface area (Å²) in [7, 11) is 0.